The summed E-state index contributed by atoms with van der Waals surface area (Å²) in [5.41, 5.74) is 0. The van der Waals surface area contributed by atoms with Crippen LogP contribution in [0.15, 0.2) is 97.1 Å². The summed E-state index contributed by atoms with van der Waals surface area (Å²) in [5, 5.41) is 14.4. The SMILES string of the molecule is O=C(COc1ccc(Cl)cc1)NC1CCC(NC(=O)COc2ccc(Cl)cc2)CC1.O=C(COc1ccc(Cl)cc1)NC1CCC(NC(=O)COc2ccc(Cl)cc2)CC1. The van der Waals surface area contributed by atoms with Gasteiger partial charge in [0, 0.05) is 44.3 Å². The molecular formula is C44H48Cl4N4O8. The van der Waals surface area contributed by atoms with Crippen LogP contribution in [0.25, 0.3) is 0 Å². The molecule has 4 amide bonds. The standard InChI is InChI=1S/2C22H24Cl2N2O4/c2*23-15-1-9-19(10-2-15)29-13-21(27)25-17-5-7-18(8-6-17)26-22(28)14-30-20-11-3-16(24)4-12-20/h2*1-4,9-12,17-18H,5-8,13-14H2,(H,25,27)(H,26,28). The zero-order chi connectivity index (χ0) is 42.7. The zero-order valence-electron chi connectivity index (χ0n) is 32.8. The van der Waals surface area contributed by atoms with E-state index in [0.717, 1.165) is 51.4 Å². The third-order valence-electron chi connectivity index (χ3n) is 9.65. The molecule has 0 saturated heterocycles. The molecule has 0 heterocycles. The van der Waals surface area contributed by atoms with Crippen LogP contribution in [0.5, 0.6) is 23.0 Å². The quantitative estimate of drug-likeness (QED) is 0.0884. The van der Waals surface area contributed by atoms with Crippen LogP contribution in [-0.2, 0) is 19.2 Å². The van der Waals surface area contributed by atoms with Crippen molar-refractivity contribution in [1.82, 2.24) is 21.3 Å². The summed E-state index contributed by atoms with van der Waals surface area (Å²) < 4.78 is 21.8. The minimum Gasteiger partial charge on any atom is -0.484 e. The van der Waals surface area contributed by atoms with E-state index < -0.39 is 0 Å². The number of halogens is 4. The van der Waals surface area contributed by atoms with Gasteiger partial charge in [-0.15, -0.1) is 0 Å². The van der Waals surface area contributed by atoms with E-state index in [9.17, 15) is 19.2 Å². The van der Waals surface area contributed by atoms with Crippen molar-refractivity contribution in [2.45, 2.75) is 75.5 Å². The minimum absolute atomic E-state index is 0.0413. The van der Waals surface area contributed by atoms with Gasteiger partial charge in [0.05, 0.1) is 0 Å². The fourth-order valence-corrected chi connectivity index (χ4v) is 7.06. The Bertz CT molecular complexity index is 1670. The van der Waals surface area contributed by atoms with Gasteiger partial charge in [0.25, 0.3) is 23.6 Å². The maximum Gasteiger partial charge on any atom is 0.258 e. The monoisotopic (exact) mass is 900 g/mol. The first-order valence-corrected chi connectivity index (χ1v) is 21.2. The van der Waals surface area contributed by atoms with Crippen LogP contribution >= 0.6 is 46.4 Å². The third-order valence-corrected chi connectivity index (χ3v) is 10.7. The van der Waals surface area contributed by atoms with Gasteiger partial charge in [0.1, 0.15) is 23.0 Å². The summed E-state index contributed by atoms with van der Waals surface area (Å²) in [7, 11) is 0. The molecule has 0 aliphatic heterocycles. The number of ether oxygens (including phenoxy) is 4. The van der Waals surface area contributed by atoms with Crippen molar-refractivity contribution in [3.63, 3.8) is 0 Å². The lowest BCUT2D eigenvalue weighted by atomic mass is 9.91. The topological polar surface area (TPSA) is 153 Å². The number of carbonyl (C=O) groups is 4. The first kappa shape index (κ1) is 46.2. The number of nitrogens with one attached hydrogen (secondary N) is 4. The lowest BCUT2D eigenvalue weighted by molar-refractivity contribution is -0.125. The summed E-state index contributed by atoms with van der Waals surface area (Å²) in [6, 6.07) is 27.8. The fraction of sp³-hybridized carbons (Fsp3) is 0.364. The van der Waals surface area contributed by atoms with Crippen LogP contribution in [0.1, 0.15) is 51.4 Å². The normalized spacial score (nSPS) is 18.3. The van der Waals surface area contributed by atoms with Crippen molar-refractivity contribution in [1.29, 1.82) is 0 Å². The van der Waals surface area contributed by atoms with Gasteiger partial charge in [0.2, 0.25) is 0 Å². The highest BCUT2D eigenvalue weighted by Gasteiger charge is 2.25. The molecule has 0 unspecified atom stereocenters. The Morgan fingerprint density at radius 2 is 0.517 bits per heavy atom. The van der Waals surface area contributed by atoms with E-state index in [-0.39, 0.29) is 74.2 Å². The lowest BCUT2D eigenvalue weighted by Gasteiger charge is -2.29. The van der Waals surface area contributed by atoms with Crippen molar-refractivity contribution in [2.24, 2.45) is 0 Å². The van der Waals surface area contributed by atoms with Gasteiger partial charge >= 0.3 is 0 Å². The second kappa shape index (κ2) is 24.4. The van der Waals surface area contributed by atoms with Crippen molar-refractivity contribution >= 4 is 70.0 Å². The maximum atomic E-state index is 12.1. The van der Waals surface area contributed by atoms with Crippen LogP contribution in [-0.4, -0.2) is 74.2 Å². The number of hydrogen-bond acceptors (Lipinski definition) is 8. The first-order chi connectivity index (χ1) is 28.9. The Hall–Kier alpha value is -4.88. The van der Waals surface area contributed by atoms with Crippen molar-refractivity contribution in [3.05, 3.63) is 117 Å². The van der Waals surface area contributed by atoms with Gasteiger partial charge in [-0.3, -0.25) is 19.2 Å². The van der Waals surface area contributed by atoms with Crippen molar-refractivity contribution < 1.29 is 38.1 Å². The number of hydrogen-bond donors (Lipinski definition) is 4. The first-order valence-electron chi connectivity index (χ1n) is 19.7. The second-order valence-electron chi connectivity index (χ2n) is 14.3. The number of rotatable bonds is 16. The average molecular weight is 903 g/mol. The van der Waals surface area contributed by atoms with E-state index in [4.69, 9.17) is 65.4 Å². The van der Waals surface area contributed by atoms with E-state index in [1.54, 1.807) is 97.1 Å². The summed E-state index contributed by atoms with van der Waals surface area (Å²) in [4.78, 5) is 48.4. The summed E-state index contributed by atoms with van der Waals surface area (Å²) >= 11 is 23.3. The van der Waals surface area contributed by atoms with Crippen LogP contribution in [0.2, 0.25) is 20.1 Å². The number of amides is 4. The molecule has 0 radical (unpaired) electrons. The fourth-order valence-electron chi connectivity index (χ4n) is 6.56. The molecule has 2 fully saturated rings. The highest BCUT2D eigenvalue weighted by Crippen LogP contribution is 2.22. The summed E-state index contributed by atoms with van der Waals surface area (Å²) in [6.07, 6.45) is 6.41. The Morgan fingerprint density at radius 1 is 0.350 bits per heavy atom. The zero-order valence-corrected chi connectivity index (χ0v) is 35.8. The Labute approximate surface area is 369 Å². The smallest absolute Gasteiger partial charge is 0.258 e. The van der Waals surface area contributed by atoms with Gasteiger partial charge in [-0.05, 0) is 148 Å². The molecule has 2 aliphatic carbocycles. The highest BCUT2D eigenvalue weighted by molar-refractivity contribution is 6.31. The van der Waals surface area contributed by atoms with Gasteiger partial charge in [-0.2, -0.15) is 0 Å². The molecule has 4 aromatic carbocycles. The van der Waals surface area contributed by atoms with Crippen LogP contribution in [0.4, 0.5) is 0 Å². The maximum absolute atomic E-state index is 12.1. The molecule has 4 N–H and O–H groups in total. The van der Waals surface area contributed by atoms with E-state index in [1.165, 1.54) is 0 Å². The largest absolute Gasteiger partial charge is 0.484 e. The average Bonchev–Trinajstić information content (AvgIpc) is 3.24. The molecule has 2 saturated carbocycles. The minimum atomic E-state index is -0.159. The number of carbonyl (C=O) groups excluding carboxylic acids is 4. The van der Waals surface area contributed by atoms with E-state index in [1.807, 2.05) is 0 Å². The molecule has 0 spiro atoms. The summed E-state index contributed by atoms with van der Waals surface area (Å²) in [5.74, 6) is 1.76. The second-order valence-corrected chi connectivity index (χ2v) is 16.1. The molecule has 60 heavy (non-hydrogen) atoms. The van der Waals surface area contributed by atoms with E-state index in [2.05, 4.69) is 21.3 Å². The Morgan fingerprint density at radius 3 is 0.683 bits per heavy atom. The Kier molecular flexibility index (Phi) is 18.8. The van der Waals surface area contributed by atoms with Crippen molar-refractivity contribution in [2.75, 3.05) is 26.4 Å². The molecule has 0 bridgehead atoms. The lowest BCUT2D eigenvalue weighted by Crippen LogP contribution is -2.45. The van der Waals surface area contributed by atoms with Gasteiger partial charge in [0.15, 0.2) is 26.4 Å². The Balaban J connectivity index is 0.000000228. The van der Waals surface area contributed by atoms with Gasteiger partial charge in [-0.25, -0.2) is 0 Å². The van der Waals surface area contributed by atoms with E-state index in [0.29, 0.717) is 43.1 Å². The molecule has 0 aromatic heterocycles. The molecule has 6 rings (SSSR count). The highest BCUT2D eigenvalue weighted by atomic mass is 35.5. The molecule has 16 heteroatoms. The molecule has 2 aliphatic rings. The van der Waals surface area contributed by atoms with Gasteiger partial charge < -0.3 is 40.2 Å². The third kappa shape index (κ3) is 17.4. The van der Waals surface area contributed by atoms with E-state index >= 15 is 0 Å². The molecular weight excluding hydrogens is 854 g/mol. The molecule has 0 atom stereocenters. The van der Waals surface area contributed by atoms with Gasteiger partial charge in [-0.1, -0.05) is 46.4 Å². The predicted octanol–water partition coefficient (Wildman–Crippen LogP) is 7.99. The number of benzene rings is 4. The molecule has 320 valence electrons. The van der Waals surface area contributed by atoms with Crippen LogP contribution < -0.4 is 40.2 Å². The molecule has 12 nitrogen and oxygen atoms in total. The molecule has 4 aromatic rings. The predicted molar refractivity (Wildman–Crippen MR) is 232 cm³/mol. The van der Waals surface area contributed by atoms with Crippen molar-refractivity contribution in [3.8, 4) is 23.0 Å². The summed E-state index contributed by atoms with van der Waals surface area (Å²) in [6.45, 7) is -0.165. The van der Waals surface area contributed by atoms with Crippen LogP contribution in [0, 0.1) is 0 Å². The van der Waals surface area contributed by atoms with Crippen LogP contribution in [0.3, 0.4) is 0 Å².